The Morgan fingerprint density at radius 1 is 1.60 bits per heavy atom. The van der Waals surface area contributed by atoms with Crippen molar-refractivity contribution in [3.63, 3.8) is 0 Å². The number of carbonyl (C=O) groups excluding carboxylic acids is 1. The first kappa shape index (κ1) is 7.50. The number of rotatable bonds is 0. The zero-order chi connectivity index (χ0) is 7.72. The Bertz CT molecular complexity index is 131. The summed E-state index contributed by atoms with van der Waals surface area (Å²) in [4.78, 5) is 10.5. The van der Waals surface area contributed by atoms with Crippen LogP contribution in [0.15, 0.2) is 0 Å². The summed E-state index contributed by atoms with van der Waals surface area (Å²) in [5.41, 5.74) is 0. The zero-order valence-electron chi connectivity index (χ0n) is 5.65. The Balaban J connectivity index is 2.57. The highest BCUT2D eigenvalue weighted by Crippen LogP contribution is 2.14. The first-order chi connectivity index (χ1) is 4.61. The Labute approximate surface area is 58.4 Å². The van der Waals surface area contributed by atoms with Gasteiger partial charge in [0.1, 0.15) is 12.2 Å². The lowest BCUT2D eigenvalue weighted by Gasteiger charge is -2.28. The summed E-state index contributed by atoms with van der Waals surface area (Å²) < 4.78 is 4.62. The van der Waals surface area contributed by atoms with Crippen LogP contribution in [0.4, 0.5) is 0 Å². The fourth-order valence-corrected chi connectivity index (χ4v) is 0.930. The lowest BCUT2D eigenvalue weighted by molar-refractivity contribution is -0.175. The van der Waals surface area contributed by atoms with Gasteiger partial charge in [-0.15, -0.1) is 0 Å². The van der Waals surface area contributed by atoms with Gasteiger partial charge in [-0.1, -0.05) is 0 Å². The van der Waals surface area contributed by atoms with E-state index in [9.17, 15) is 4.79 Å². The molecule has 0 amide bonds. The number of aliphatic hydroxyl groups is 2. The number of hydrogen-bond donors (Lipinski definition) is 2. The average Bonchev–Trinajstić information content (AvgIpc) is 1.82. The minimum Gasteiger partial charge on any atom is -0.460 e. The molecule has 10 heavy (non-hydrogen) atoms. The third-order valence-electron chi connectivity index (χ3n) is 1.57. The summed E-state index contributed by atoms with van der Waals surface area (Å²) in [5, 5.41) is 18.0. The Morgan fingerprint density at radius 2 is 2.20 bits per heavy atom. The van der Waals surface area contributed by atoms with Gasteiger partial charge in [0.05, 0.1) is 12.5 Å². The van der Waals surface area contributed by atoms with E-state index in [1.807, 2.05) is 0 Å². The van der Waals surface area contributed by atoms with E-state index in [2.05, 4.69) is 4.74 Å². The van der Waals surface area contributed by atoms with Crippen LogP contribution in [0.5, 0.6) is 0 Å². The molecule has 0 unspecified atom stereocenters. The van der Waals surface area contributed by atoms with Crippen LogP contribution in [0.1, 0.15) is 13.3 Å². The van der Waals surface area contributed by atoms with Gasteiger partial charge in [-0.05, 0) is 6.92 Å². The molecule has 4 nitrogen and oxygen atoms in total. The molecular formula is C6H10O4. The molecule has 2 N–H and O–H groups in total. The number of carbonyl (C=O) groups is 1. The molecule has 0 radical (unpaired) electrons. The normalized spacial score (nSPS) is 41.1. The summed E-state index contributed by atoms with van der Waals surface area (Å²) in [7, 11) is 0. The predicted molar refractivity (Wildman–Crippen MR) is 32.2 cm³/mol. The predicted octanol–water partition coefficient (Wildman–Crippen LogP) is -0.956. The van der Waals surface area contributed by atoms with Crippen molar-refractivity contribution in [2.24, 2.45) is 0 Å². The van der Waals surface area contributed by atoms with Crippen molar-refractivity contribution in [1.29, 1.82) is 0 Å². The van der Waals surface area contributed by atoms with Gasteiger partial charge in [0, 0.05) is 0 Å². The summed E-state index contributed by atoms with van der Waals surface area (Å²) in [6, 6.07) is 0. The van der Waals surface area contributed by atoms with Crippen LogP contribution in [0.3, 0.4) is 0 Å². The van der Waals surface area contributed by atoms with E-state index in [0.29, 0.717) is 0 Å². The number of esters is 1. The Kier molecular flexibility index (Phi) is 1.92. The first-order valence-corrected chi connectivity index (χ1v) is 3.17. The fraction of sp³-hybridized carbons (Fsp3) is 0.833. The monoisotopic (exact) mass is 146 g/mol. The van der Waals surface area contributed by atoms with E-state index >= 15 is 0 Å². The first-order valence-electron chi connectivity index (χ1n) is 3.17. The highest BCUT2D eigenvalue weighted by molar-refractivity contribution is 5.71. The quantitative estimate of drug-likeness (QED) is 0.432. The van der Waals surface area contributed by atoms with Crippen molar-refractivity contribution in [2.75, 3.05) is 0 Å². The van der Waals surface area contributed by atoms with Crippen LogP contribution in [0.2, 0.25) is 0 Å². The molecule has 1 aliphatic rings. The lowest BCUT2D eigenvalue weighted by Crippen LogP contribution is -2.44. The fourth-order valence-electron chi connectivity index (χ4n) is 0.930. The standard InChI is InChI=1S/C6H10O4/c1-3-6(9)4(7)2-5(8)10-3/h3-4,6-7,9H,2H2,1H3/t3-,4-,6+/m0/s1. The van der Waals surface area contributed by atoms with Crippen LogP contribution >= 0.6 is 0 Å². The maximum Gasteiger partial charge on any atom is 0.308 e. The molecule has 0 saturated carbocycles. The molecule has 1 heterocycles. The molecule has 0 aromatic heterocycles. The highest BCUT2D eigenvalue weighted by atomic mass is 16.6. The molecule has 0 bridgehead atoms. The Morgan fingerprint density at radius 3 is 2.70 bits per heavy atom. The zero-order valence-corrected chi connectivity index (χ0v) is 5.65. The van der Waals surface area contributed by atoms with Gasteiger partial charge < -0.3 is 14.9 Å². The van der Waals surface area contributed by atoms with Crippen molar-refractivity contribution in [3.05, 3.63) is 0 Å². The van der Waals surface area contributed by atoms with Crippen LogP contribution in [0.25, 0.3) is 0 Å². The summed E-state index contributed by atoms with van der Waals surface area (Å²) in [6.45, 7) is 1.55. The minimum atomic E-state index is -0.962. The Hall–Kier alpha value is -0.610. The van der Waals surface area contributed by atoms with Crippen molar-refractivity contribution in [2.45, 2.75) is 31.7 Å². The number of cyclic esters (lactones) is 1. The van der Waals surface area contributed by atoms with Crippen molar-refractivity contribution < 1.29 is 19.7 Å². The average molecular weight is 146 g/mol. The molecular weight excluding hydrogens is 136 g/mol. The maximum atomic E-state index is 10.5. The molecule has 58 valence electrons. The molecule has 0 spiro atoms. The van der Waals surface area contributed by atoms with Crippen molar-refractivity contribution >= 4 is 5.97 Å². The number of aliphatic hydroxyl groups excluding tert-OH is 2. The molecule has 0 aromatic rings. The van der Waals surface area contributed by atoms with Gasteiger partial charge in [0.2, 0.25) is 0 Å². The number of ether oxygens (including phenoxy) is 1. The summed E-state index contributed by atoms with van der Waals surface area (Å²) in [6.07, 6.45) is -2.59. The molecule has 3 atom stereocenters. The summed E-state index contributed by atoms with van der Waals surface area (Å²) >= 11 is 0. The van der Waals surface area contributed by atoms with Crippen LogP contribution in [0, 0.1) is 0 Å². The molecule has 4 heteroatoms. The van der Waals surface area contributed by atoms with E-state index in [1.54, 1.807) is 6.92 Å². The third-order valence-corrected chi connectivity index (χ3v) is 1.57. The second-order valence-electron chi connectivity index (χ2n) is 2.46. The van der Waals surface area contributed by atoms with E-state index in [4.69, 9.17) is 10.2 Å². The largest absolute Gasteiger partial charge is 0.460 e. The molecule has 1 aliphatic heterocycles. The smallest absolute Gasteiger partial charge is 0.308 e. The van der Waals surface area contributed by atoms with E-state index < -0.39 is 24.3 Å². The molecule has 0 aliphatic carbocycles. The van der Waals surface area contributed by atoms with E-state index in [0.717, 1.165) is 0 Å². The van der Waals surface area contributed by atoms with Crippen LogP contribution in [-0.4, -0.2) is 34.5 Å². The lowest BCUT2D eigenvalue weighted by atomic mass is 10.0. The molecule has 0 aromatic carbocycles. The maximum absolute atomic E-state index is 10.5. The van der Waals surface area contributed by atoms with Gasteiger partial charge >= 0.3 is 5.97 Å². The molecule has 1 saturated heterocycles. The van der Waals surface area contributed by atoms with Gasteiger partial charge in [-0.25, -0.2) is 0 Å². The van der Waals surface area contributed by atoms with E-state index in [-0.39, 0.29) is 6.42 Å². The van der Waals surface area contributed by atoms with Gasteiger partial charge in [0.15, 0.2) is 0 Å². The topological polar surface area (TPSA) is 66.8 Å². The second-order valence-corrected chi connectivity index (χ2v) is 2.46. The summed E-state index contributed by atoms with van der Waals surface area (Å²) in [5.74, 6) is -0.453. The minimum absolute atomic E-state index is 0.106. The van der Waals surface area contributed by atoms with Crippen LogP contribution in [-0.2, 0) is 9.53 Å². The van der Waals surface area contributed by atoms with Crippen molar-refractivity contribution in [3.8, 4) is 0 Å². The SMILES string of the molecule is C[C@@H]1OC(=O)C[C@H](O)[C@@H]1O. The molecule has 1 rings (SSSR count). The van der Waals surface area contributed by atoms with E-state index in [1.165, 1.54) is 0 Å². The number of hydrogen-bond acceptors (Lipinski definition) is 4. The van der Waals surface area contributed by atoms with Gasteiger partial charge in [-0.3, -0.25) is 4.79 Å². The van der Waals surface area contributed by atoms with Crippen LogP contribution < -0.4 is 0 Å². The third kappa shape index (κ3) is 1.27. The van der Waals surface area contributed by atoms with Gasteiger partial charge in [-0.2, -0.15) is 0 Å². The second kappa shape index (κ2) is 2.56. The molecule has 1 fully saturated rings. The van der Waals surface area contributed by atoms with Gasteiger partial charge in [0.25, 0.3) is 0 Å². The van der Waals surface area contributed by atoms with Crippen molar-refractivity contribution in [1.82, 2.24) is 0 Å². The highest BCUT2D eigenvalue weighted by Gasteiger charge is 2.33.